The number of hydrogen-bond acceptors (Lipinski definition) is 7. The van der Waals surface area contributed by atoms with Crippen molar-refractivity contribution in [2.75, 3.05) is 26.5 Å². The van der Waals surface area contributed by atoms with Gasteiger partial charge in [-0.1, -0.05) is 24.3 Å². The highest BCUT2D eigenvalue weighted by atomic mass is 32.2. The Labute approximate surface area is 244 Å². The zero-order valence-corrected chi connectivity index (χ0v) is 24.9. The first-order chi connectivity index (χ1) is 19.4. The van der Waals surface area contributed by atoms with E-state index in [4.69, 9.17) is 14.2 Å². The third-order valence-electron chi connectivity index (χ3n) is 7.34. The summed E-state index contributed by atoms with van der Waals surface area (Å²) in [6.45, 7) is 7.20. The lowest BCUT2D eigenvalue weighted by molar-refractivity contribution is -0.152. The number of thioether (sulfide) groups is 1. The Morgan fingerprint density at radius 1 is 0.927 bits per heavy atom. The number of aryl methyl sites for hydroxylation is 2. The van der Waals surface area contributed by atoms with Crippen LogP contribution in [0, 0.1) is 19.8 Å². The van der Waals surface area contributed by atoms with Crippen molar-refractivity contribution >= 4 is 29.6 Å². The largest absolute Gasteiger partial charge is 0.497 e. The number of carbonyl (C=O) groups is 3. The van der Waals surface area contributed by atoms with Crippen molar-refractivity contribution in [2.45, 2.75) is 44.1 Å². The van der Waals surface area contributed by atoms with Gasteiger partial charge in [0.2, 0.25) is 0 Å². The van der Waals surface area contributed by atoms with Crippen LogP contribution in [-0.4, -0.2) is 59.9 Å². The monoisotopic (exact) mass is 577 g/mol. The molecule has 1 aliphatic rings. The van der Waals surface area contributed by atoms with Gasteiger partial charge in [0.15, 0.2) is 11.4 Å². The van der Waals surface area contributed by atoms with Crippen molar-refractivity contribution in [2.24, 2.45) is 5.92 Å². The van der Waals surface area contributed by atoms with E-state index in [0.717, 1.165) is 21.6 Å². The van der Waals surface area contributed by atoms with Crippen LogP contribution in [0.1, 0.15) is 46.8 Å². The number of rotatable bonds is 9. The number of likely N-dealkylation sites (tertiary alicyclic amines) is 1. The summed E-state index contributed by atoms with van der Waals surface area (Å²) < 4.78 is 16.7. The van der Waals surface area contributed by atoms with Crippen LogP contribution in [0.5, 0.6) is 17.2 Å². The molecule has 1 aliphatic heterocycles. The SMILES string of the molecule is COc1ccc(OC(=O)N2C[C@H](C(=O)c3ccc(SC)cc3)[C@@H](c3cc(C)c(OC(C)(C)C(=O)O)c(C)c3)C2)cc1. The van der Waals surface area contributed by atoms with Gasteiger partial charge in [0, 0.05) is 35.4 Å². The normalized spacial score (nSPS) is 16.8. The van der Waals surface area contributed by atoms with Crippen LogP contribution in [0.25, 0.3) is 0 Å². The molecule has 0 radical (unpaired) electrons. The fourth-order valence-electron chi connectivity index (χ4n) is 4.99. The molecule has 1 fully saturated rings. The molecule has 3 aromatic rings. The summed E-state index contributed by atoms with van der Waals surface area (Å²) in [5.74, 6) is -0.404. The first-order valence-corrected chi connectivity index (χ1v) is 14.5. The summed E-state index contributed by atoms with van der Waals surface area (Å²) in [7, 11) is 1.56. The standard InChI is InChI=1S/C32H35NO7S/c1-19-15-22(16-20(2)29(19)40-32(3,4)30(35)36)26-17-33(31(37)39-24-11-9-23(38-5)10-12-24)18-27(26)28(34)21-7-13-25(41-6)14-8-21/h7-16,26-27H,17-18H2,1-6H3,(H,35,36)/t26-,27+/m1/s1. The number of nitrogens with zero attached hydrogens (tertiary/aromatic N) is 1. The Hall–Kier alpha value is -3.98. The molecule has 2 atom stereocenters. The van der Waals surface area contributed by atoms with Gasteiger partial charge in [-0.25, -0.2) is 9.59 Å². The molecule has 4 rings (SSSR count). The highest BCUT2D eigenvalue weighted by Gasteiger charge is 2.42. The van der Waals surface area contributed by atoms with Crippen molar-refractivity contribution in [1.82, 2.24) is 4.90 Å². The molecule has 1 saturated heterocycles. The zero-order valence-electron chi connectivity index (χ0n) is 24.1. The minimum absolute atomic E-state index is 0.0509. The first-order valence-electron chi connectivity index (χ1n) is 13.3. The third kappa shape index (κ3) is 6.68. The van der Waals surface area contributed by atoms with Gasteiger partial charge in [0.25, 0.3) is 0 Å². The van der Waals surface area contributed by atoms with E-state index >= 15 is 0 Å². The lowest BCUT2D eigenvalue weighted by atomic mass is 9.82. The Balaban J connectivity index is 1.65. The molecule has 3 aromatic carbocycles. The third-order valence-corrected chi connectivity index (χ3v) is 8.08. The quantitative estimate of drug-likeness (QED) is 0.231. The van der Waals surface area contributed by atoms with Gasteiger partial charge in [0.1, 0.15) is 17.2 Å². The number of amides is 1. The van der Waals surface area contributed by atoms with Gasteiger partial charge in [-0.3, -0.25) is 4.79 Å². The van der Waals surface area contributed by atoms with Gasteiger partial charge >= 0.3 is 12.1 Å². The van der Waals surface area contributed by atoms with Gasteiger partial charge in [0.05, 0.1) is 7.11 Å². The lowest BCUT2D eigenvalue weighted by Gasteiger charge is -2.26. The highest BCUT2D eigenvalue weighted by Crippen LogP contribution is 2.39. The lowest BCUT2D eigenvalue weighted by Crippen LogP contribution is -2.38. The molecule has 0 aromatic heterocycles. The van der Waals surface area contributed by atoms with E-state index in [2.05, 4.69) is 0 Å². The summed E-state index contributed by atoms with van der Waals surface area (Å²) in [5.41, 5.74) is 1.56. The zero-order chi connectivity index (χ0) is 29.9. The van der Waals surface area contributed by atoms with Crippen LogP contribution in [0.4, 0.5) is 4.79 Å². The molecule has 1 N–H and O–H groups in total. The van der Waals surface area contributed by atoms with Crippen LogP contribution < -0.4 is 14.2 Å². The highest BCUT2D eigenvalue weighted by molar-refractivity contribution is 7.98. The molecular formula is C32H35NO7S. The summed E-state index contributed by atoms with van der Waals surface area (Å²) in [4.78, 5) is 41.3. The molecule has 1 heterocycles. The van der Waals surface area contributed by atoms with Crippen molar-refractivity contribution in [1.29, 1.82) is 0 Å². The fourth-order valence-corrected chi connectivity index (χ4v) is 5.40. The maximum atomic E-state index is 13.8. The second-order valence-corrected chi connectivity index (χ2v) is 11.5. The number of carbonyl (C=O) groups excluding carboxylic acids is 2. The molecule has 41 heavy (non-hydrogen) atoms. The molecule has 9 heteroatoms. The van der Waals surface area contributed by atoms with Crippen LogP contribution in [0.15, 0.2) is 65.6 Å². The maximum Gasteiger partial charge on any atom is 0.415 e. The number of ketones is 1. The minimum atomic E-state index is -1.41. The molecule has 0 saturated carbocycles. The number of ether oxygens (including phenoxy) is 3. The Morgan fingerprint density at radius 3 is 2.05 bits per heavy atom. The van der Waals surface area contributed by atoms with E-state index in [1.807, 2.05) is 56.5 Å². The average molecular weight is 578 g/mol. The molecular weight excluding hydrogens is 542 g/mol. The molecule has 216 valence electrons. The minimum Gasteiger partial charge on any atom is -0.497 e. The topological polar surface area (TPSA) is 102 Å². The van der Waals surface area contributed by atoms with E-state index in [1.165, 1.54) is 13.8 Å². The molecule has 8 nitrogen and oxygen atoms in total. The number of benzene rings is 3. The predicted octanol–water partition coefficient (Wildman–Crippen LogP) is 6.37. The summed E-state index contributed by atoms with van der Waals surface area (Å²) in [6.07, 6.45) is 1.44. The van der Waals surface area contributed by atoms with E-state index in [9.17, 15) is 19.5 Å². The van der Waals surface area contributed by atoms with E-state index in [0.29, 0.717) is 22.8 Å². The van der Waals surface area contributed by atoms with Crippen molar-refractivity contribution in [3.8, 4) is 17.2 Å². The second kappa shape index (κ2) is 12.3. The van der Waals surface area contributed by atoms with Crippen LogP contribution in [0.2, 0.25) is 0 Å². The Bertz CT molecular complexity index is 1410. The molecule has 0 unspecified atom stereocenters. The van der Waals surface area contributed by atoms with Gasteiger partial charge < -0.3 is 24.2 Å². The van der Waals surface area contributed by atoms with Crippen molar-refractivity contribution < 1.29 is 33.7 Å². The molecule has 0 aliphatic carbocycles. The summed E-state index contributed by atoms with van der Waals surface area (Å²) in [5, 5.41) is 9.54. The van der Waals surface area contributed by atoms with Crippen LogP contribution in [0.3, 0.4) is 0 Å². The van der Waals surface area contributed by atoms with Gasteiger partial charge in [-0.05, 0) is 87.0 Å². The number of aliphatic carboxylic acids is 1. The predicted molar refractivity (Wildman–Crippen MR) is 158 cm³/mol. The van der Waals surface area contributed by atoms with Crippen LogP contribution >= 0.6 is 11.8 Å². The smallest absolute Gasteiger partial charge is 0.415 e. The summed E-state index contributed by atoms with van der Waals surface area (Å²) in [6, 6.07) is 18.1. The van der Waals surface area contributed by atoms with E-state index in [1.54, 1.807) is 48.0 Å². The number of methoxy groups -OCH3 is 1. The Kier molecular flexibility index (Phi) is 8.97. The number of hydrogen-bond donors (Lipinski definition) is 1. The Morgan fingerprint density at radius 2 is 1.51 bits per heavy atom. The van der Waals surface area contributed by atoms with Crippen LogP contribution in [-0.2, 0) is 4.79 Å². The van der Waals surface area contributed by atoms with Gasteiger partial charge in [-0.2, -0.15) is 0 Å². The first kappa shape index (κ1) is 30.0. The number of carboxylic acids is 1. The molecule has 0 bridgehead atoms. The van der Waals surface area contributed by atoms with Crippen molar-refractivity contribution in [3.63, 3.8) is 0 Å². The maximum absolute atomic E-state index is 13.8. The van der Waals surface area contributed by atoms with Gasteiger partial charge in [-0.15, -0.1) is 11.8 Å². The molecule has 1 amide bonds. The average Bonchev–Trinajstić information content (AvgIpc) is 3.41. The fraction of sp³-hybridized carbons (Fsp3) is 0.344. The summed E-state index contributed by atoms with van der Waals surface area (Å²) >= 11 is 1.60. The number of carboxylic acid groups (broad SMARTS) is 1. The number of Topliss-reactive ketones (excluding diaryl/α,β-unsaturated/α-hetero) is 1. The van der Waals surface area contributed by atoms with Crippen molar-refractivity contribution in [3.05, 3.63) is 82.9 Å². The van der Waals surface area contributed by atoms with E-state index in [-0.39, 0.29) is 24.8 Å². The second-order valence-electron chi connectivity index (χ2n) is 10.7. The van der Waals surface area contributed by atoms with E-state index < -0.39 is 23.6 Å². The molecule has 0 spiro atoms.